The molecule has 94 valence electrons. The predicted molar refractivity (Wildman–Crippen MR) is 72.9 cm³/mol. The molecule has 0 saturated carbocycles. The Morgan fingerprint density at radius 3 is 2.47 bits per heavy atom. The predicted octanol–water partition coefficient (Wildman–Crippen LogP) is 2.54. The second-order valence-corrected chi connectivity index (χ2v) is 4.19. The van der Waals surface area contributed by atoms with Crippen LogP contribution in [0.1, 0.15) is 21.7 Å². The molecule has 0 fully saturated rings. The highest BCUT2D eigenvalue weighted by Gasteiger charge is 2.14. The number of carbonyl (C=O) groups excluding carboxylic acids is 1. The summed E-state index contributed by atoms with van der Waals surface area (Å²) in [7, 11) is 1.69. The molecular formula is C15H13N3O. The smallest absolute Gasteiger partial charge is 0.276 e. The molecule has 0 aliphatic heterocycles. The number of hydrogen-bond donors (Lipinski definition) is 0. The lowest BCUT2D eigenvalue weighted by Gasteiger charge is -2.17. The molecule has 0 spiro atoms. The first-order chi connectivity index (χ1) is 9.11. The van der Waals surface area contributed by atoms with Crippen LogP contribution in [0.4, 0.5) is 5.69 Å². The summed E-state index contributed by atoms with van der Waals surface area (Å²) in [6.45, 7) is 1.85. The van der Waals surface area contributed by atoms with E-state index in [9.17, 15) is 4.79 Å². The Morgan fingerprint density at radius 1 is 1.21 bits per heavy atom. The van der Waals surface area contributed by atoms with Crippen molar-refractivity contribution in [2.24, 2.45) is 0 Å². The van der Waals surface area contributed by atoms with Gasteiger partial charge in [0.05, 0.1) is 11.6 Å². The minimum absolute atomic E-state index is 0.173. The van der Waals surface area contributed by atoms with E-state index in [1.54, 1.807) is 37.4 Å². The van der Waals surface area contributed by atoms with Gasteiger partial charge in [0, 0.05) is 18.4 Å². The highest BCUT2D eigenvalue weighted by atomic mass is 16.2. The molecular weight excluding hydrogens is 238 g/mol. The molecule has 0 bridgehead atoms. The van der Waals surface area contributed by atoms with Crippen LogP contribution in [0.3, 0.4) is 0 Å². The quantitative estimate of drug-likeness (QED) is 0.824. The van der Waals surface area contributed by atoms with Gasteiger partial charge in [0.1, 0.15) is 5.69 Å². The zero-order valence-corrected chi connectivity index (χ0v) is 10.8. The van der Waals surface area contributed by atoms with Crippen LogP contribution < -0.4 is 4.90 Å². The molecule has 0 unspecified atom stereocenters. The number of pyridine rings is 1. The third-order valence-electron chi connectivity index (χ3n) is 2.80. The van der Waals surface area contributed by atoms with Crippen LogP contribution in [0.25, 0.3) is 0 Å². The van der Waals surface area contributed by atoms with Crippen molar-refractivity contribution in [2.75, 3.05) is 11.9 Å². The molecule has 4 heteroatoms. The second-order valence-electron chi connectivity index (χ2n) is 4.19. The number of amides is 1. The number of benzene rings is 1. The molecule has 0 aliphatic rings. The van der Waals surface area contributed by atoms with Gasteiger partial charge in [-0.3, -0.25) is 4.79 Å². The van der Waals surface area contributed by atoms with Gasteiger partial charge in [-0.2, -0.15) is 5.26 Å². The minimum atomic E-state index is -0.173. The van der Waals surface area contributed by atoms with E-state index in [1.165, 1.54) is 4.90 Å². The molecule has 1 aromatic carbocycles. The maximum Gasteiger partial charge on any atom is 0.276 e. The Hall–Kier alpha value is -2.67. The monoisotopic (exact) mass is 251 g/mol. The van der Waals surface area contributed by atoms with E-state index in [2.05, 4.69) is 4.98 Å². The number of anilines is 1. The summed E-state index contributed by atoms with van der Waals surface area (Å²) in [5.74, 6) is -0.173. The fourth-order valence-corrected chi connectivity index (χ4v) is 1.71. The minimum Gasteiger partial charge on any atom is -0.310 e. The molecule has 2 aromatic rings. The standard InChI is InChI=1S/C15H13N3O/c1-11-4-3-5-14(17-11)15(19)18(2)13-8-6-12(10-16)7-9-13/h3-9H,1-2H3. The highest BCUT2D eigenvalue weighted by Crippen LogP contribution is 2.15. The fraction of sp³-hybridized carbons (Fsp3) is 0.133. The Balaban J connectivity index is 2.26. The van der Waals surface area contributed by atoms with Crippen molar-refractivity contribution in [3.8, 4) is 6.07 Å². The first kappa shape index (κ1) is 12.8. The summed E-state index contributed by atoms with van der Waals surface area (Å²) >= 11 is 0. The largest absolute Gasteiger partial charge is 0.310 e. The van der Waals surface area contributed by atoms with Crippen molar-refractivity contribution in [3.63, 3.8) is 0 Å². The van der Waals surface area contributed by atoms with Crippen LogP contribution in [-0.4, -0.2) is 17.9 Å². The lowest BCUT2D eigenvalue weighted by atomic mass is 10.2. The molecule has 0 atom stereocenters. The molecule has 0 saturated heterocycles. The lowest BCUT2D eigenvalue weighted by Crippen LogP contribution is -2.27. The third-order valence-corrected chi connectivity index (χ3v) is 2.80. The van der Waals surface area contributed by atoms with Gasteiger partial charge in [-0.25, -0.2) is 4.98 Å². The van der Waals surface area contributed by atoms with Crippen molar-refractivity contribution in [2.45, 2.75) is 6.92 Å². The fourth-order valence-electron chi connectivity index (χ4n) is 1.71. The van der Waals surface area contributed by atoms with Gasteiger partial charge in [0.15, 0.2) is 0 Å². The first-order valence-corrected chi connectivity index (χ1v) is 5.83. The van der Waals surface area contributed by atoms with Crippen molar-refractivity contribution < 1.29 is 4.79 Å². The first-order valence-electron chi connectivity index (χ1n) is 5.83. The Labute approximate surface area is 111 Å². The van der Waals surface area contributed by atoms with Crippen LogP contribution in [0, 0.1) is 18.3 Å². The normalized spacial score (nSPS) is 9.74. The van der Waals surface area contributed by atoms with Gasteiger partial charge in [0.2, 0.25) is 0 Å². The van der Waals surface area contributed by atoms with E-state index >= 15 is 0 Å². The SMILES string of the molecule is Cc1cccc(C(=O)N(C)c2ccc(C#N)cc2)n1. The van der Waals surface area contributed by atoms with Gasteiger partial charge >= 0.3 is 0 Å². The van der Waals surface area contributed by atoms with Crippen molar-refractivity contribution >= 4 is 11.6 Å². The van der Waals surface area contributed by atoms with E-state index in [1.807, 2.05) is 25.1 Å². The lowest BCUT2D eigenvalue weighted by molar-refractivity contribution is 0.0988. The maximum atomic E-state index is 12.3. The zero-order chi connectivity index (χ0) is 13.8. The molecule has 2 rings (SSSR count). The van der Waals surface area contributed by atoms with E-state index < -0.39 is 0 Å². The average molecular weight is 251 g/mol. The molecule has 1 heterocycles. The number of rotatable bonds is 2. The molecule has 0 N–H and O–H groups in total. The number of carbonyl (C=O) groups is 1. The summed E-state index contributed by atoms with van der Waals surface area (Å²) in [5.41, 5.74) is 2.51. The molecule has 19 heavy (non-hydrogen) atoms. The molecule has 1 amide bonds. The van der Waals surface area contributed by atoms with Crippen molar-refractivity contribution in [1.82, 2.24) is 4.98 Å². The van der Waals surface area contributed by atoms with Crippen LogP contribution >= 0.6 is 0 Å². The number of aryl methyl sites for hydroxylation is 1. The van der Waals surface area contributed by atoms with E-state index in [0.29, 0.717) is 11.3 Å². The number of nitriles is 1. The van der Waals surface area contributed by atoms with Crippen molar-refractivity contribution in [3.05, 3.63) is 59.4 Å². The Kier molecular flexibility index (Phi) is 3.58. The zero-order valence-electron chi connectivity index (χ0n) is 10.8. The summed E-state index contributed by atoms with van der Waals surface area (Å²) in [4.78, 5) is 18.0. The summed E-state index contributed by atoms with van der Waals surface area (Å²) in [6.07, 6.45) is 0. The molecule has 1 aromatic heterocycles. The van der Waals surface area contributed by atoms with Gasteiger partial charge in [-0.15, -0.1) is 0 Å². The summed E-state index contributed by atoms with van der Waals surface area (Å²) in [5, 5.41) is 8.74. The Morgan fingerprint density at radius 2 is 1.89 bits per heavy atom. The van der Waals surface area contributed by atoms with E-state index in [0.717, 1.165) is 11.4 Å². The molecule has 4 nitrogen and oxygen atoms in total. The average Bonchev–Trinajstić information content (AvgIpc) is 2.46. The van der Waals surface area contributed by atoms with E-state index in [4.69, 9.17) is 5.26 Å². The Bertz CT molecular complexity index is 641. The second kappa shape index (κ2) is 5.32. The van der Waals surface area contributed by atoms with E-state index in [-0.39, 0.29) is 5.91 Å². The topological polar surface area (TPSA) is 57.0 Å². The third kappa shape index (κ3) is 2.78. The summed E-state index contributed by atoms with van der Waals surface area (Å²) < 4.78 is 0. The highest BCUT2D eigenvalue weighted by molar-refractivity contribution is 6.04. The van der Waals surface area contributed by atoms with Gasteiger partial charge in [0.25, 0.3) is 5.91 Å². The van der Waals surface area contributed by atoms with Gasteiger partial charge < -0.3 is 4.90 Å². The van der Waals surface area contributed by atoms with Crippen LogP contribution in [0.15, 0.2) is 42.5 Å². The summed E-state index contributed by atoms with van der Waals surface area (Å²) in [6, 6.07) is 14.2. The van der Waals surface area contributed by atoms with Crippen LogP contribution in [-0.2, 0) is 0 Å². The van der Waals surface area contributed by atoms with Crippen molar-refractivity contribution in [1.29, 1.82) is 5.26 Å². The number of nitrogens with zero attached hydrogens (tertiary/aromatic N) is 3. The van der Waals surface area contributed by atoms with Gasteiger partial charge in [-0.05, 0) is 43.3 Å². The molecule has 0 aliphatic carbocycles. The van der Waals surface area contributed by atoms with Crippen LogP contribution in [0.2, 0.25) is 0 Å². The number of hydrogen-bond acceptors (Lipinski definition) is 3. The van der Waals surface area contributed by atoms with Crippen LogP contribution in [0.5, 0.6) is 0 Å². The maximum absolute atomic E-state index is 12.3. The molecule has 0 radical (unpaired) electrons. The van der Waals surface area contributed by atoms with Gasteiger partial charge in [-0.1, -0.05) is 6.07 Å². The number of aromatic nitrogens is 1.